The van der Waals surface area contributed by atoms with Gasteiger partial charge in [-0.2, -0.15) is 0 Å². The van der Waals surface area contributed by atoms with Crippen molar-refractivity contribution in [3.63, 3.8) is 0 Å². The molecular formula is C26H26Cl3N3O2. The molecule has 0 spiro atoms. The van der Waals surface area contributed by atoms with Crippen LogP contribution in [0.25, 0.3) is 0 Å². The molecule has 8 heteroatoms. The van der Waals surface area contributed by atoms with E-state index in [1.165, 1.54) is 0 Å². The second-order valence-corrected chi connectivity index (χ2v) is 10.4. The summed E-state index contributed by atoms with van der Waals surface area (Å²) in [4.78, 5) is 22.2. The summed E-state index contributed by atoms with van der Waals surface area (Å²) in [6.45, 7) is 4.27. The number of hydrogen-bond acceptors (Lipinski definition) is 4. The van der Waals surface area contributed by atoms with Gasteiger partial charge in [-0.3, -0.25) is 9.78 Å². The molecular weight excluding hydrogens is 493 g/mol. The van der Waals surface area contributed by atoms with Gasteiger partial charge in [0.25, 0.3) is 5.91 Å². The van der Waals surface area contributed by atoms with Gasteiger partial charge in [0, 0.05) is 54.8 Å². The molecule has 2 aliphatic heterocycles. The van der Waals surface area contributed by atoms with Crippen molar-refractivity contribution in [3.8, 4) is 0 Å². The van der Waals surface area contributed by atoms with E-state index in [-0.39, 0.29) is 23.8 Å². The van der Waals surface area contributed by atoms with E-state index in [2.05, 4.69) is 22.9 Å². The van der Waals surface area contributed by atoms with Crippen LogP contribution < -0.4 is 4.90 Å². The van der Waals surface area contributed by atoms with Gasteiger partial charge in [0.15, 0.2) is 5.88 Å². The largest absolute Gasteiger partial charge is 0.449 e. The third kappa shape index (κ3) is 4.53. The number of nitrogens with zero attached hydrogens (tertiary/aromatic N) is 3. The fraction of sp³-hybridized carbons (Fsp3) is 0.385. The maximum Gasteiger partial charge on any atom is 0.257 e. The molecule has 0 aliphatic carbocycles. The van der Waals surface area contributed by atoms with Crippen LogP contribution in [0.5, 0.6) is 0 Å². The molecule has 0 saturated carbocycles. The Labute approximate surface area is 214 Å². The first-order valence-corrected chi connectivity index (χ1v) is 12.7. The summed E-state index contributed by atoms with van der Waals surface area (Å²) in [7, 11) is 0. The van der Waals surface area contributed by atoms with Gasteiger partial charge < -0.3 is 14.2 Å². The van der Waals surface area contributed by atoms with Crippen molar-refractivity contribution < 1.29 is 9.21 Å². The van der Waals surface area contributed by atoms with Crippen molar-refractivity contribution in [2.24, 2.45) is 0 Å². The standard InChI is InChI=1S/C26H26Cl3N3O2/c1-16-12-18(8-10-32(16)22-6-3-11-34-22)25-24(29)23(21(28)14-30-25)26(33)31-9-7-19(15-31)17-4-2-5-20(27)13-17/h2-6,11,13-14,16,18-19H,7-10,12,15H2,1H3. The van der Waals surface area contributed by atoms with Crippen LogP contribution in [0.15, 0.2) is 53.3 Å². The third-order valence-corrected chi connectivity index (χ3v) is 7.97. The second-order valence-electron chi connectivity index (χ2n) is 9.19. The van der Waals surface area contributed by atoms with Crippen LogP contribution in [0.4, 0.5) is 5.88 Å². The zero-order valence-electron chi connectivity index (χ0n) is 18.9. The highest BCUT2D eigenvalue weighted by atomic mass is 35.5. The summed E-state index contributed by atoms with van der Waals surface area (Å²) in [5, 5.41) is 1.39. The molecule has 2 aliphatic rings. The summed E-state index contributed by atoms with van der Waals surface area (Å²) in [5.41, 5.74) is 2.26. The van der Waals surface area contributed by atoms with E-state index >= 15 is 0 Å². The number of carbonyl (C=O) groups is 1. The number of pyridine rings is 1. The molecule has 3 atom stereocenters. The van der Waals surface area contributed by atoms with E-state index in [1.54, 1.807) is 12.5 Å². The van der Waals surface area contributed by atoms with Crippen molar-refractivity contribution in [2.45, 2.75) is 44.1 Å². The number of piperidine rings is 1. The molecule has 2 aromatic heterocycles. The van der Waals surface area contributed by atoms with Gasteiger partial charge in [0.2, 0.25) is 0 Å². The quantitative estimate of drug-likeness (QED) is 0.372. The Morgan fingerprint density at radius 2 is 1.91 bits per heavy atom. The lowest BCUT2D eigenvalue weighted by Crippen LogP contribution is -2.40. The molecule has 34 heavy (non-hydrogen) atoms. The minimum absolute atomic E-state index is 0.135. The summed E-state index contributed by atoms with van der Waals surface area (Å²) in [6, 6.07) is 12.0. The Bertz CT molecular complexity index is 1180. The fourth-order valence-electron chi connectivity index (χ4n) is 5.28. The van der Waals surface area contributed by atoms with Crippen molar-refractivity contribution in [1.29, 1.82) is 0 Å². The molecule has 5 nitrogen and oxygen atoms in total. The van der Waals surface area contributed by atoms with E-state index in [0.717, 1.165) is 42.9 Å². The molecule has 0 radical (unpaired) electrons. The first-order valence-electron chi connectivity index (χ1n) is 11.6. The van der Waals surface area contributed by atoms with Gasteiger partial charge in [-0.15, -0.1) is 0 Å². The molecule has 2 fully saturated rings. The van der Waals surface area contributed by atoms with Crippen molar-refractivity contribution in [2.75, 3.05) is 24.5 Å². The van der Waals surface area contributed by atoms with Gasteiger partial charge >= 0.3 is 0 Å². The number of aromatic nitrogens is 1. The minimum atomic E-state index is -0.135. The molecule has 2 saturated heterocycles. The number of anilines is 1. The number of furan rings is 1. The Morgan fingerprint density at radius 3 is 2.65 bits per heavy atom. The second kappa shape index (κ2) is 9.80. The highest BCUT2D eigenvalue weighted by molar-refractivity contribution is 6.40. The molecule has 4 heterocycles. The molecule has 1 amide bonds. The molecule has 1 aromatic carbocycles. The maximum absolute atomic E-state index is 13.5. The predicted molar refractivity (Wildman–Crippen MR) is 136 cm³/mol. The van der Waals surface area contributed by atoms with Crippen molar-refractivity contribution in [1.82, 2.24) is 9.88 Å². The lowest BCUT2D eigenvalue weighted by Gasteiger charge is -2.37. The SMILES string of the molecule is CC1CC(c2ncc(Cl)c(C(=O)N3CCC(c4cccc(Cl)c4)C3)c2Cl)CCN1c1ccco1. The van der Waals surface area contributed by atoms with Crippen LogP contribution in [0.3, 0.4) is 0 Å². The molecule has 0 N–H and O–H groups in total. The third-order valence-electron chi connectivity index (χ3n) is 7.06. The average Bonchev–Trinajstić information content (AvgIpc) is 3.52. The highest BCUT2D eigenvalue weighted by Gasteiger charge is 2.34. The van der Waals surface area contributed by atoms with Gasteiger partial charge in [-0.05, 0) is 49.9 Å². The van der Waals surface area contributed by atoms with E-state index in [4.69, 9.17) is 39.2 Å². The Kier molecular flexibility index (Phi) is 6.79. The van der Waals surface area contributed by atoms with Crippen LogP contribution in [0.2, 0.25) is 15.1 Å². The molecule has 178 valence electrons. The Morgan fingerprint density at radius 1 is 1.09 bits per heavy atom. The van der Waals surface area contributed by atoms with E-state index in [0.29, 0.717) is 33.7 Å². The van der Waals surface area contributed by atoms with Crippen LogP contribution in [-0.2, 0) is 0 Å². The van der Waals surface area contributed by atoms with Gasteiger partial charge in [0.05, 0.1) is 27.6 Å². The number of rotatable bonds is 4. The monoisotopic (exact) mass is 517 g/mol. The summed E-state index contributed by atoms with van der Waals surface area (Å²) >= 11 is 19.5. The summed E-state index contributed by atoms with van der Waals surface area (Å²) in [6.07, 6.45) is 5.88. The zero-order chi connectivity index (χ0) is 23.8. The lowest BCUT2D eigenvalue weighted by atomic mass is 9.88. The van der Waals surface area contributed by atoms with Gasteiger partial charge in [0.1, 0.15) is 0 Å². The lowest BCUT2D eigenvalue weighted by molar-refractivity contribution is 0.0791. The predicted octanol–water partition coefficient (Wildman–Crippen LogP) is 7.04. The number of likely N-dealkylation sites (tertiary alicyclic amines) is 1. The highest BCUT2D eigenvalue weighted by Crippen LogP contribution is 2.40. The zero-order valence-corrected chi connectivity index (χ0v) is 21.2. The number of amides is 1. The fourth-order valence-corrected chi connectivity index (χ4v) is 6.13. The van der Waals surface area contributed by atoms with Crippen LogP contribution in [-0.4, -0.2) is 41.5 Å². The Hall–Kier alpha value is -2.21. The average molecular weight is 519 g/mol. The van der Waals surface area contributed by atoms with Gasteiger partial charge in [-0.1, -0.05) is 46.9 Å². The van der Waals surface area contributed by atoms with Crippen LogP contribution >= 0.6 is 34.8 Å². The number of benzene rings is 1. The topological polar surface area (TPSA) is 49.6 Å². The number of halogens is 3. The smallest absolute Gasteiger partial charge is 0.257 e. The number of hydrogen-bond donors (Lipinski definition) is 0. The van der Waals surface area contributed by atoms with Crippen LogP contribution in [0.1, 0.15) is 59.6 Å². The summed E-state index contributed by atoms with van der Waals surface area (Å²) in [5.74, 6) is 1.13. The van der Waals surface area contributed by atoms with E-state index < -0.39 is 0 Å². The van der Waals surface area contributed by atoms with Crippen LogP contribution in [0, 0.1) is 0 Å². The van der Waals surface area contributed by atoms with Crippen molar-refractivity contribution in [3.05, 3.63) is 80.7 Å². The maximum atomic E-state index is 13.5. The Balaban J connectivity index is 1.34. The summed E-state index contributed by atoms with van der Waals surface area (Å²) < 4.78 is 5.59. The first-order chi connectivity index (χ1) is 16.4. The van der Waals surface area contributed by atoms with E-state index in [1.807, 2.05) is 35.2 Å². The molecule has 3 unspecified atom stereocenters. The molecule has 3 aromatic rings. The first kappa shape index (κ1) is 23.5. The van der Waals surface area contributed by atoms with Gasteiger partial charge in [-0.25, -0.2) is 0 Å². The number of carbonyl (C=O) groups excluding carboxylic acids is 1. The van der Waals surface area contributed by atoms with Crippen molar-refractivity contribution >= 4 is 46.6 Å². The van der Waals surface area contributed by atoms with E-state index in [9.17, 15) is 4.79 Å². The molecule has 5 rings (SSSR count). The molecule has 0 bridgehead atoms. The minimum Gasteiger partial charge on any atom is -0.449 e. The normalized spacial score (nSPS) is 22.9.